The quantitative estimate of drug-likeness (QED) is 0.610. The number of amides is 2. The predicted octanol–water partition coefficient (Wildman–Crippen LogP) is 4.30. The van der Waals surface area contributed by atoms with Gasteiger partial charge in [0.15, 0.2) is 0 Å². The maximum Gasteiger partial charge on any atom is 0.253 e. The average Bonchev–Trinajstić information content (AvgIpc) is 2.85. The summed E-state index contributed by atoms with van der Waals surface area (Å²) in [6.45, 7) is 1.17. The SMILES string of the molecule is CN(C)C(=O)C1(Cc2ccc(-c3ccncc3)cc2)CCN(C(=O)c2ccccc2)CC1. The molecular formula is C27H29N3O2. The van der Waals surface area contributed by atoms with Crippen LogP contribution in [0.5, 0.6) is 0 Å². The number of carbonyl (C=O) groups is 2. The van der Waals surface area contributed by atoms with Gasteiger partial charge in [0.05, 0.1) is 5.41 Å². The van der Waals surface area contributed by atoms with E-state index in [0.29, 0.717) is 37.9 Å². The minimum atomic E-state index is -0.491. The Kier molecular flexibility index (Phi) is 6.35. The largest absolute Gasteiger partial charge is 0.348 e. The standard InChI is InChI=1S/C27H29N3O2/c1-29(2)26(32)27(14-18-30(19-15-27)25(31)24-6-4-3-5-7-24)20-21-8-10-22(11-9-21)23-12-16-28-17-13-23/h3-13,16-17H,14-15,18-20H2,1-2H3. The molecule has 32 heavy (non-hydrogen) atoms. The van der Waals surface area contributed by atoms with E-state index >= 15 is 0 Å². The summed E-state index contributed by atoms with van der Waals surface area (Å²) in [5, 5.41) is 0. The number of piperidine rings is 1. The van der Waals surface area contributed by atoms with Crippen LogP contribution in [0, 0.1) is 5.41 Å². The van der Waals surface area contributed by atoms with Gasteiger partial charge in [0.25, 0.3) is 5.91 Å². The van der Waals surface area contributed by atoms with E-state index in [-0.39, 0.29) is 11.8 Å². The summed E-state index contributed by atoms with van der Waals surface area (Å²) in [6.07, 6.45) is 5.58. The van der Waals surface area contributed by atoms with Crippen molar-refractivity contribution in [2.45, 2.75) is 19.3 Å². The lowest BCUT2D eigenvalue weighted by Gasteiger charge is -2.42. The minimum absolute atomic E-state index is 0.0400. The highest BCUT2D eigenvalue weighted by Gasteiger charge is 2.43. The van der Waals surface area contributed by atoms with Gasteiger partial charge < -0.3 is 9.80 Å². The van der Waals surface area contributed by atoms with Gasteiger partial charge in [-0.05, 0) is 60.2 Å². The molecule has 1 fully saturated rings. The Bertz CT molecular complexity index is 1060. The summed E-state index contributed by atoms with van der Waals surface area (Å²) < 4.78 is 0. The normalized spacial score (nSPS) is 15.2. The van der Waals surface area contributed by atoms with Crippen molar-refractivity contribution in [1.82, 2.24) is 14.8 Å². The zero-order chi connectivity index (χ0) is 22.6. The highest BCUT2D eigenvalue weighted by Crippen LogP contribution is 2.37. The summed E-state index contributed by atoms with van der Waals surface area (Å²) in [6, 6.07) is 21.8. The molecule has 0 bridgehead atoms. The molecule has 0 aliphatic carbocycles. The Morgan fingerprint density at radius 2 is 1.47 bits per heavy atom. The lowest BCUT2D eigenvalue weighted by atomic mass is 9.72. The maximum absolute atomic E-state index is 13.3. The van der Waals surface area contributed by atoms with Gasteiger partial charge in [-0.2, -0.15) is 0 Å². The fraction of sp³-hybridized carbons (Fsp3) is 0.296. The fourth-order valence-corrected chi connectivity index (χ4v) is 4.59. The third-order valence-electron chi connectivity index (χ3n) is 6.40. The van der Waals surface area contributed by atoms with Gasteiger partial charge in [-0.3, -0.25) is 14.6 Å². The van der Waals surface area contributed by atoms with Crippen molar-refractivity contribution in [3.63, 3.8) is 0 Å². The number of hydrogen-bond donors (Lipinski definition) is 0. The number of aromatic nitrogens is 1. The summed E-state index contributed by atoms with van der Waals surface area (Å²) in [4.78, 5) is 33.8. The lowest BCUT2D eigenvalue weighted by molar-refractivity contribution is -0.142. The van der Waals surface area contributed by atoms with Crippen molar-refractivity contribution in [3.05, 3.63) is 90.3 Å². The van der Waals surface area contributed by atoms with Crippen LogP contribution in [0.15, 0.2) is 79.1 Å². The van der Waals surface area contributed by atoms with Gasteiger partial charge in [0.2, 0.25) is 5.91 Å². The number of benzene rings is 2. The number of pyridine rings is 1. The molecule has 0 atom stereocenters. The first kappa shape index (κ1) is 21.8. The fourth-order valence-electron chi connectivity index (χ4n) is 4.59. The number of nitrogens with zero attached hydrogens (tertiary/aromatic N) is 3. The number of likely N-dealkylation sites (tertiary alicyclic amines) is 1. The lowest BCUT2D eigenvalue weighted by Crippen LogP contribution is -2.51. The summed E-state index contributed by atoms with van der Waals surface area (Å²) in [5.74, 6) is 0.181. The monoisotopic (exact) mass is 427 g/mol. The second-order valence-electron chi connectivity index (χ2n) is 8.75. The van der Waals surface area contributed by atoms with Crippen LogP contribution < -0.4 is 0 Å². The maximum atomic E-state index is 13.3. The van der Waals surface area contributed by atoms with Crippen LogP contribution in [-0.2, 0) is 11.2 Å². The van der Waals surface area contributed by atoms with Crippen LogP contribution in [0.4, 0.5) is 0 Å². The molecule has 5 nitrogen and oxygen atoms in total. The van der Waals surface area contributed by atoms with Crippen LogP contribution in [0.2, 0.25) is 0 Å². The average molecular weight is 428 g/mol. The topological polar surface area (TPSA) is 53.5 Å². The molecule has 3 aromatic rings. The highest BCUT2D eigenvalue weighted by molar-refractivity contribution is 5.94. The zero-order valence-corrected chi connectivity index (χ0v) is 18.7. The summed E-state index contributed by atoms with van der Waals surface area (Å²) >= 11 is 0. The molecule has 0 unspecified atom stereocenters. The summed E-state index contributed by atoms with van der Waals surface area (Å²) in [5.41, 5.74) is 3.60. The smallest absolute Gasteiger partial charge is 0.253 e. The molecular weight excluding hydrogens is 398 g/mol. The molecule has 2 amide bonds. The van der Waals surface area contributed by atoms with Crippen molar-refractivity contribution >= 4 is 11.8 Å². The second-order valence-corrected chi connectivity index (χ2v) is 8.75. The van der Waals surface area contributed by atoms with Crippen molar-refractivity contribution in [2.75, 3.05) is 27.2 Å². The van der Waals surface area contributed by atoms with Crippen molar-refractivity contribution in [3.8, 4) is 11.1 Å². The van der Waals surface area contributed by atoms with Gasteiger partial charge in [-0.1, -0.05) is 42.5 Å². The van der Waals surface area contributed by atoms with E-state index in [9.17, 15) is 9.59 Å². The van der Waals surface area contributed by atoms with E-state index < -0.39 is 5.41 Å². The Morgan fingerprint density at radius 3 is 2.06 bits per heavy atom. The van der Waals surface area contributed by atoms with E-state index in [1.54, 1.807) is 17.3 Å². The molecule has 1 aliphatic heterocycles. The molecule has 1 saturated heterocycles. The van der Waals surface area contributed by atoms with Crippen LogP contribution in [-0.4, -0.2) is 53.8 Å². The molecule has 0 saturated carbocycles. The van der Waals surface area contributed by atoms with Crippen molar-refractivity contribution in [1.29, 1.82) is 0 Å². The molecule has 0 radical (unpaired) electrons. The molecule has 0 spiro atoms. The van der Waals surface area contributed by atoms with E-state index in [1.165, 1.54) is 0 Å². The molecule has 2 aromatic carbocycles. The number of rotatable bonds is 5. The first-order valence-electron chi connectivity index (χ1n) is 11.0. The third kappa shape index (κ3) is 4.57. The van der Waals surface area contributed by atoms with Crippen molar-refractivity contribution < 1.29 is 9.59 Å². The first-order valence-corrected chi connectivity index (χ1v) is 11.0. The first-order chi connectivity index (χ1) is 15.5. The Morgan fingerprint density at radius 1 is 0.875 bits per heavy atom. The zero-order valence-electron chi connectivity index (χ0n) is 18.7. The Hall–Kier alpha value is -3.47. The van der Waals surface area contributed by atoms with E-state index in [2.05, 4.69) is 29.2 Å². The van der Waals surface area contributed by atoms with E-state index in [0.717, 1.165) is 16.7 Å². The Labute approximate surface area is 189 Å². The van der Waals surface area contributed by atoms with E-state index in [1.807, 2.05) is 61.5 Å². The van der Waals surface area contributed by atoms with Gasteiger partial charge in [0.1, 0.15) is 0 Å². The molecule has 5 heteroatoms. The van der Waals surface area contributed by atoms with Gasteiger partial charge >= 0.3 is 0 Å². The number of hydrogen-bond acceptors (Lipinski definition) is 3. The van der Waals surface area contributed by atoms with Gasteiger partial charge in [-0.15, -0.1) is 0 Å². The van der Waals surface area contributed by atoms with Crippen LogP contribution in [0.1, 0.15) is 28.8 Å². The highest BCUT2D eigenvalue weighted by atomic mass is 16.2. The molecule has 4 rings (SSSR count). The van der Waals surface area contributed by atoms with Gasteiger partial charge in [-0.25, -0.2) is 0 Å². The van der Waals surface area contributed by atoms with E-state index in [4.69, 9.17) is 0 Å². The van der Waals surface area contributed by atoms with Crippen LogP contribution >= 0.6 is 0 Å². The summed E-state index contributed by atoms with van der Waals surface area (Å²) in [7, 11) is 3.64. The second kappa shape index (κ2) is 9.35. The van der Waals surface area contributed by atoms with Gasteiger partial charge in [0, 0.05) is 45.1 Å². The van der Waals surface area contributed by atoms with Crippen LogP contribution in [0.25, 0.3) is 11.1 Å². The minimum Gasteiger partial charge on any atom is -0.348 e. The van der Waals surface area contributed by atoms with Crippen molar-refractivity contribution in [2.24, 2.45) is 5.41 Å². The van der Waals surface area contributed by atoms with Crippen LogP contribution in [0.3, 0.4) is 0 Å². The molecule has 1 aliphatic rings. The molecule has 0 N–H and O–H groups in total. The third-order valence-corrected chi connectivity index (χ3v) is 6.40. The molecule has 2 heterocycles. The Balaban J connectivity index is 1.51. The predicted molar refractivity (Wildman–Crippen MR) is 126 cm³/mol. The number of carbonyl (C=O) groups excluding carboxylic acids is 2. The molecule has 1 aromatic heterocycles. The molecule has 164 valence electrons.